The summed E-state index contributed by atoms with van der Waals surface area (Å²) in [4.78, 5) is 45.9. The number of amides is 3. The highest BCUT2D eigenvalue weighted by molar-refractivity contribution is 6.33. The van der Waals surface area contributed by atoms with Gasteiger partial charge >= 0.3 is 0 Å². The van der Waals surface area contributed by atoms with Crippen LogP contribution in [0.3, 0.4) is 0 Å². The summed E-state index contributed by atoms with van der Waals surface area (Å²) in [7, 11) is 1.52. The van der Waals surface area contributed by atoms with E-state index >= 15 is 0 Å². The summed E-state index contributed by atoms with van der Waals surface area (Å²) in [6.45, 7) is 2.08. The van der Waals surface area contributed by atoms with Crippen molar-refractivity contribution in [3.63, 3.8) is 0 Å². The predicted octanol–water partition coefficient (Wildman–Crippen LogP) is 3.11. The molecular weight excluding hydrogens is 472 g/mol. The molecular formula is C22H26ClF2N5O4. The van der Waals surface area contributed by atoms with Crippen LogP contribution in [0.15, 0.2) is 18.5 Å². The van der Waals surface area contributed by atoms with Crippen LogP contribution in [-0.2, 0) is 9.53 Å². The minimum absolute atomic E-state index is 0.00301. The lowest BCUT2D eigenvalue weighted by Gasteiger charge is -2.39. The molecule has 12 heteroatoms. The lowest BCUT2D eigenvalue weighted by atomic mass is 9.84. The van der Waals surface area contributed by atoms with Crippen LogP contribution in [0.25, 0.3) is 0 Å². The molecule has 34 heavy (non-hydrogen) atoms. The zero-order valence-electron chi connectivity index (χ0n) is 18.7. The monoisotopic (exact) mass is 497 g/mol. The van der Waals surface area contributed by atoms with E-state index in [1.807, 2.05) is 6.92 Å². The zero-order chi connectivity index (χ0) is 25.0. The third-order valence-corrected chi connectivity index (χ3v) is 6.22. The number of hydrogen-bond donors (Lipinski definition) is 3. The summed E-state index contributed by atoms with van der Waals surface area (Å²) in [6, 6.07) is 1.00. The molecule has 0 spiro atoms. The Balaban J connectivity index is 1.72. The number of aromatic nitrogens is 2. The van der Waals surface area contributed by atoms with Gasteiger partial charge < -0.3 is 25.7 Å². The summed E-state index contributed by atoms with van der Waals surface area (Å²) < 4.78 is 32.5. The quantitative estimate of drug-likeness (QED) is 0.516. The van der Waals surface area contributed by atoms with Crippen molar-refractivity contribution in [2.75, 3.05) is 19.0 Å². The third kappa shape index (κ3) is 5.53. The van der Waals surface area contributed by atoms with E-state index in [1.54, 1.807) is 4.90 Å². The van der Waals surface area contributed by atoms with Gasteiger partial charge in [-0.3, -0.25) is 14.4 Å². The van der Waals surface area contributed by atoms with Crippen LogP contribution in [0, 0.1) is 17.6 Å². The summed E-state index contributed by atoms with van der Waals surface area (Å²) >= 11 is 5.87. The number of nitrogens with two attached hydrogens (primary N) is 1. The van der Waals surface area contributed by atoms with E-state index in [0.29, 0.717) is 31.7 Å². The van der Waals surface area contributed by atoms with Gasteiger partial charge in [-0.1, -0.05) is 11.6 Å². The number of primary amides is 1. The SMILES string of the molecule is COC[C@@H](C)N(C(=O)c1[nH]cnc1C(N)=O)C1CCC(C(=O)Nc2c(F)cc(F)cc2Cl)CC1. The second-order valence-corrected chi connectivity index (χ2v) is 8.65. The highest BCUT2D eigenvalue weighted by Crippen LogP contribution is 2.32. The lowest BCUT2D eigenvalue weighted by molar-refractivity contribution is -0.121. The maximum absolute atomic E-state index is 14.0. The van der Waals surface area contributed by atoms with Gasteiger partial charge in [-0.15, -0.1) is 0 Å². The number of hydrogen-bond acceptors (Lipinski definition) is 5. The molecule has 1 atom stereocenters. The molecule has 0 bridgehead atoms. The van der Waals surface area contributed by atoms with Gasteiger partial charge in [-0.2, -0.15) is 0 Å². The highest BCUT2D eigenvalue weighted by Gasteiger charge is 2.36. The van der Waals surface area contributed by atoms with Gasteiger partial charge in [0.15, 0.2) is 11.5 Å². The van der Waals surface area contributed by atoms with Crippen molar-refractivity contribution in [2.24, 2.45) is 11.7 Å². The van der Waals surface area contributed by atoms with Crippen LogP contribution >= 0.6 is 11.6 Å². The fourth-order valence-electron chi connectivity index (χ4n) is 4.32. The largest absolute Gasteiger partial charge is 0.383 e. The molecule has 9 nitrogen and oxygen atoms in total. The number of imidazole rings is 1. The topological polar surface area (TPSA) is 130 Å². The Hall–Kier alpha value is -3.05. The minimum Gasteiger partial charge on any atom is -0.383 e. The molecule has 0 saturated heterocycles. The van der Waals surface area contributed by atoms with E-state index in [2.05, 4.69) is 15.3 Å². The van der Waals surface area contributed by atoms with Crippen molar-refractivity contribution >= 4 is 35.0 Å². The standard InChI is InChI=1S/C22H26ClF2N5O4/c1-11(9-34-2)30(22(33)19-18(20(26)31)27-10-28-19)14-5-3-12(4-6-14)21(32)29-17-15(23)7-13(24)8-16(17)25/h7-8,10-12,14H,3-6,9H2,1-2H3,(H2,26,31)(H,27,28)(H,29,32)/t11-,12?,14?/m1/s1. The summed E-state index contributed by atoms with van der Waals surface area (Å²) in [6.07, 6.45) is 3.04. The third-order valence-electron chi connectivity index (χ3n) is 5.92. The first-order valence-corrected chi connectivity index (χ1v) is 11.1. The van der Waals surface area contributed by atoms with Gasteiger partial charge in [0.05, 0.1) is 29.7 Å². The van der Waals surface area contributed by atoms with Crippen LogP contribution in [0.1, 0.15) is 53.6 Å². The molecule has 3 amide bonds. The smallest absolute Gasteiger partial charge is 0.273 e. The van der Waals surface area contributed by atoms with E-state index in [0.717, 1.165) is 6.07 Å². The Morgan fingerprint density at radius 3 is 2.56 bits per heavy atom. The van der Waals surface area contributed by atoms with Crippen molar-refractivity contribution in [1.29, 1.82) is 0 Å². The molecule has 2 aromatic rings. The average molecular weight is 498 g/mol. The summed E-state index contributed by atoms with van der Waals surface area (Å²) in [5.41, 5.74) is 4.92. The van der Waals surface area contributed by atoms with Gasteiger partial charge in [0.1, 0.15) is 11.5 Å². The predicted molar refractivity (Wildman–Crippen MR) is 120 cm³/mol. The van der Waals surface area contributed by atoms with Crippen molar-refractivity contribution in [3.8, 4) is 0 Å². The van der Waals surface area contributed by atoms with Crippen molar-refractivity contribution < 1.29 is 27.9 Å². The van der Waals surface area contributed by atoms with Crippen molar-refractivity contribution in [1.82, 2.24) is 14.9 Å². The van der Waals surface area contributed by atoms with Gasteiger partial charge in [0, 0.05) is 25.1 Å². The Bertz CT molecular complexity index is 1050. The lowest BCUT2D eigenvalue weighted by Crippen LogP contribution is -2.50. The minimum atomic E-state index is -0.956. The number of methoxy groups -OCH3 is 1. The number of H-pyrrole nitrogens is 1. The molecule has 3 rings (SSSR count). The van der Waals surface area contributed by atoms with Gasteiger partial charge in [0.2, 0.25) is 5.91 Å². The number of ether oxygens (including phenoxy) is 1. The van der Waals surface area contributed by atoms with E-state index in [-0.39, 0.29) is 40.8 Å². The van der Waals surface area contributed by atoms with Crippen molar-refractivity contribution in [3.05, 3.63) is 46.5 Å². The van der Waals surface area contributed by atoms with Crippen LogP contribution < -0.4 is 11.1 Å². The van der Waals surface area contributed by atoms with Gasteiger partial charge in [0.25, 0.3) is 11.8 Å². The van der Waals surface area contributed by atoms with Gasteiger partial charge in [-0.05, 0) is 38.7 Å². The van der Waals surface area contributed by atoms with E-state index in [4.69, 9.17) is 22.1 Å². The first-order chi connectivity index (χ1) is 16.1. The van der Waals surface area contributed by atoms with E-state index < -0.39 is 35.3 Å². The molecule has 1 aliphatic carbocycles. The number of nitrogens with zero attached hydrogens (tertiary/aromatic N) is 2. The van der Waals surface area contributed by atoms with Crippen LogP contribution in [-0.4, -0.2) is 58.4 Å². The fraction of sp³-hybridized carbons (Fsp3) is 0.455. The number of carbonyl (C=O) groups is 3. The zero-order valence-corrected chi connectivity index (χ0v) is 19.5. The molecule has 4 N–H and O–H groups in total. The summed E-state index contributed by atoms with van der Waals surface area (Å²) in [5.74, 6) is -3.94. The number of nitrogens with one attached hydrogen (secondary N) is 2. The molecule has 184 valence electrons. The molecule has 1 aliphatic rings. The first kappa shape index (κ1) is 25.6. The Labute approximate surface area is 200 Å². The molecule has 0 aliphatic heterocycles. The summed E-state index contributed by atoms with van der Waals surface area (Å²) in [5, 5.41) is 2.22. The Morgan fingerprint density at radius 2 is 1.97 bits per heavy atom. The normalized spacial score (nSPS) is 18.9. The fourth-order valence-corrected chi connectivity index (χ4v) is 4.57. The molecule has 1 aromatic heterocycles. The van der Waals surface area contributed by atoms with Crippen molar-refractivity contribution in [2.45, 2.75) is 44.7 Å². The molecule has 0 radical (unpaired) electrons. The maximum atomic E-state index is 14.0. The first-order valence-electron chi connectivity index (χ1n) is 10.7. The molecule has 1 aromatic carbocycles. The molecule has 1 saturated carbocycles. The number of halogens is 3. The molecule has 1 heterocycles. The molecule has 1 fully saturated rings. The molecule has 0 unspecified atom stereocenters. The number of anilines is 1. The number of aromatic amines is 1. The van der Waals surface area contributed by atoms with Crippen LogP contribution in [0.4, 0.5) is 14.5 Å². The second-order valence-electron chi connectivity index (χ2n) is 8.25. The van der Waals surface area contributed by atoms with E-state index in [9.17, 15) is 23.2 Å². The average Bonchev–Trinajstić information content (AvgIpc) is 3.27. The second kappa shape index (κ2) is 10.9. The van der Waals surface area contributed by atoms with Gasteiger partial charge in [-0.25, -0.2) is 13.8 Å². The van der Waals surface area contributed by atoms with Crippen LogP contribution in [0.2, 0.25) is 5.02 Å². The Kier molecular flexibility index (Phi) is 8.21. The van der Waals surface area contributed by atoms with Crippen LogP contribution in [0.5, 0.6) is 0 Å². The number of benzene rings is 1. The maximum Gasteiger partial charge on any atom is 0.273 e. The Morgan fingerprint density at radius 1 is 1.29 bits per heavy atom. The highest BCUT2D eigenvalue weighted by atomic mass is 35.5. The number of rotatable bonds is 8. The number of carbonyl (C=O) groups excluding carboxylic acids is 3. The van der Waals surface area contributed by atoms with E-state index in [1.165, 1.54) is 13.4 Å².